The number of likely N-dealkylation sites (N-methyl/N-ethyl adjacent to an activating group) is 1. The normalized spacial score (nSPS) is 20.5. The molecule has 0 aliphatic carbocycles. The lowest BCUT2D eigenvalue weighted by Gasteiger charge is -2.32. The van der Waals surface area contributed by atoms with Crippen molar-refractivity contribution in [2.24, 2.45) is 0 Å². The number of nitrogens with zero attached hydrogens (tertiary/aromatic N) is 1. The summed E-state index contributed by atoms with van der Waals surface area (Å²) in [7, 11) is 1.88. The minimum Gasteiger partial charge on any atom is -0.465 e. The standard InChI is InChI=1S/C13H18N2O3/c1-14-9-12-10-15(6-8-18-12)13(16)5-4-11-3-2-7-17-11/h2-5,7,12,14H,6,8-10H2,1H3/b5-4+. The fourth-order valence-electron chi connectivity index (χ4n) is 1.92. The zero-order valence-electron chi connectivity index (χ0n) is 10.5. The number of hydrogen-bond acceptors (Lipinski definition) is 4. The topological polar surface area (TPSA) is 54.7 Å². The number of carbonyl (C=O) groups is 1. The van der Waals surface area contributed by atoms with Gasteiger partial charge in [0.15, 0.2) is 0 Å². The Balaban J connectivity index is 1.88. The number of furan rings is 1. The van der Waals surface area contributed by atoms with E-state index in [4.69, 9.17) is 9.15 Å². The van der Waals surface area contributed by atoms with E-state index in [0.29, 0.717) is 25.5 Å². The maximum Gasteiger partial charge on any atom is 0.246 e. The number of nitrogens with one attached hydrogen (secondary N) is 1. The van der Waals surface area contributed by atoms with Crippen molar-refractivity contribution in [3.05, 3.63) is 30.2 Å². The highest BCUT2D eigenvalue weighted by atomic mass is 16.5. The highest BCUT2D eigenvalue weighted by Crippen LogP contribution is 2.07. The predicted molar refractivity (Wildman–Crippen MR) is 68.0 cm³/mol. The van der Waals surface area contributed by atoms with Crippen molar-refractivity contribution in [2.75, 3.05) is 33.3 Å². The number of amides is 1. The maximum atomic E-state index is 12.0. The first-order chi connectivity index (χ1) is 8.79. The molecule has 0 bridgehead atoms. The van der Waals surface area contributed by atoms with Gasteiger partial charge in [-0.15, -0.1) is 0 Å². The highest BCUT2D eigenvalue weighted by Gasteiger charge is 2.22. The van der Waals surface area contributed by atoms with Gasteiger partial charge < -0.3 is 19.4 Å². The van der Waals surface area contributed by atoms with E-state index in [1.807, 2.05) is 13.1 Å². The summed E-state index contributed by atoms with van der Waals surface area (Å²) in [4.78, 5) is 13.8. The van der Waals surface area contributed by atoms with Gasteiger partial charge in [-0.3, -0.25) is 4.79 Å². The van der Waals surface area contributed by atoms with Gasteiger partial charge in [-0.1, -0.05) is 0 Å². The van der Waals surface area contributed by atoms with Gasteiger partial charge in [0.2, 0.25) is 5.91 Å². The second-order valence-corrected chi connectivity index (χ2v) is 4.18. The van der Waals surface area contributed by atoms with E-state index in [1.54, 1.807) is 29.4 Å². The Labute approximate surface area is 106 Å². The molecule has 1 aromatic heterocycles. The summed E-state index contributed by atoms with van der Waals surface area (Å²) in [6.07, 6.45) is 4.89. The summed E-state index contributed by atoms with van der Waals surface area (Å²) in [6, 6.07) is 3.61. The molecule has 0 saturated carbocycles. The molecule has 0 radical (unpaired) electrons. The fourth-order valence-corrected chi connectivity index (χ4v) is 1.92. The van der Waals surface area contributed by atoms with Gasteiger partial charge >= 0.3 is 0 Å². The van der Waals surface area contributed by atoms with E-state index in [0.717, 1.165) is 6.54 Å². The summed E-state index contributed by atoms with van der Waals surface area (Å²) in [5.74, 6) is 0.680. The molecule has 1 amide bonds. The Morgan fingerprint density at radius 1 is 1.67 bits per heavy atom. The van der Waals surface area contributed by atoms with E-state index in [1.165, 1.54) is 0 Å². The molecule has 1 N–H and O–H groups in total. The van der Waals surface area contributed by atoms with E-state index in [-0.39, 0.29) is 12.0 Å². The van der Waals surface area contributed by atoms with E-state index < -0.39 is 0 Å². The zero-order valence-corrected chi connectivity index (χ0v) is 10.5. The first-order valence-corrected chi connectivity index (χ1v) is 6.06. The van der Waals surface area contributed by atoms with Crippen molar-refractivity contribution < 1.29 is 13.9 Å². The molecular weight excluding hydrogens is 232 g/mol. The lowest BCUT2D eigenvalue weighted by atomic mass is 10.2. The highest BCUT2D eigenvalue weighted by molar-refractivity contribution is 5.91. The predicted octanol–water partition coefficient (Wildman–Crippen LogP) is 0.740. The van der Waals surface area contributed by atoms with Crippen LogP contribution in [0.4, 0.5) is 0 Å². The molecule has 0 spiro atoms. The quantitative estimate of drug-likeness (QED) is 0.801. The molecule has 1 atom stereocenters. The molecule has 0 aromatic carbocycles. The van der Waals surface area contributed by atoms with Crippen LogP contribution in [-0.2, 0) is 9.53 Å². The molecule has 1 unspecified atom stereocenters. The minimum absolute atomic E-state index is 0.00389. The van der Waals surface area contributed by atoms with Gasteiger partial charge in [0.05, 0.1) is 19.0 Å². The average Bonchev–Trinajstić information content (AvgIpc) is 2.90. The first kappa shape index (κ1) is 12.9. The van der Waals surface area contributed by atoms with Crippen molar-refractivity contribution >= 4 is 12.0 Å². The first-order valence-electron chi connectivity index (χ1n) is 6.06. The van der Waals surface area contributed by atoms with E-state index in [2.05, 4.69) is 5.32 Å². The third-order valence-corrected chi connectivity index (χ3v) is 2.82. The van der Waals surface area contributed by atoms with Crippen LogP contribution in [0.5, 0.6) is 0 Å². The van der Waals surface area contributed by atoms with Crippen molar-refractivity contribution in [2.45, 2.75) is 6.10 Å². The van der Waals surface area contributed by atoms with Crippen LogP contribution in [0.25, 0.3) is 6.08 Å². The molecule has 1 aliphatic rings. The summed E-state index contributed by atoms with van der Waals surface area (Å²) in [6.45, 7) is 2.61. The van der Waals surface area contributed by atoms with Crippen LogP contribution in [0.1, 0.15) is 5.76 Å². The van der Waals surface area contributed by atoms with Crippen LogP contribution in [0.15, 0.2) is 28.9 Å². The van der Waals surface area contributed by atoms with E-state index >= 15 is 0 Å². The summed E-state index contributed by atoms with van der Waals surface area (Å²) >= 11 is 0. The minimum atomic E-state index is -0.00389. The Bertz CT molecular complexity index is 398. The largest absolute Gasteiger partial charge is 0.465 e. The number of carbonyl (C=O) groups excluding carboxylic acids is 1. The fraction of sp³-hybridized carbons (Fsp3) is 0.462. The van der Waals surface area contributed by atoms with Gasteiger partial charge in [-0.05, 0) is 25.3 Å². The maximum absolute atomic E-state index is 12.0. The van der Waals surface area contributed by atoms with Gasteiger partial charge in [-0.2, -0.15) is 0 Å². The second-order valence-electron chi connectivity index (χ2n) is 4.18. The Morgan fingerprint density at radius 2 is 2.56 bits per heavy atom. The zero-order chi connectivity index (χ0) is 12.8. The SMILES string of the molecule is CNCC1CN(C(=O)/C=C/c2ccco2)CCO1. The van der Waals surface area contributed by atoms with Crippen molar-refractivity contribution in [1.29, 1.82) is 0 Å². The summed E-state index contributed by atoms with van der Waals surface area (Å²) in [5.41, 5.74) is 0. The molecule has 5 nitrogen and oxygen atoms in total. The number of hydrogen-bond donors (Lipinski definition) is 1. The molecule has 2 rings (SSSR count). The lowest BCUT2D eigenvalue weighted by molar-refractivity contribution is -0.133. The molecule has 5 heteroatoms. The molecule has 2 heterocycles. The van der Waals surface area contributed by atoms with Gasteiger partial charge in [0.25, 0.3) is 0 Å². The van der Waals surface area contributed by atoms with Crippen molar-refractivity contribution in [3.63, 3.8) is 0 Å². The van der Waals surface area contributed by atoms with Crippen LogP contribution in [0.2, 0.25) is 0 Å². The van der Waals surface area contributed by atoms with Crippen LogP contribution in [0, 0.1) is 0 Å². The molecule has 1 aliphatic heterocycles. The third-order valence-electron chi connectivity index (χ3n) is 2.82. The van der Waals surface area contributed by atoms with E-state index in [9.17, 15) is 4.79 Å². The molecule has 1 aromatic rings. The lowest BCUT2D eigenvalue weighted by Crippen LogP contribution is -2.48. The molecule has 1 saturated heterocycles. The van der Waals surface area contributed by atoms with Gasteiger partial charge in [-0.25, -0.2) is 0 Å². The molecule has 98 valence electrons. The number of ether oxygens (including phenoxy) is 1. The van der Waals surface area contributed by atoms with Crippen LogP contribution < -0.4 is 5.32 Å². The Morgan fingerprint density at radius 3 is 3.28 bits per heavy atom. The Kier molecular flexibility index (Phi) is 4.55. The van der Waals surface area contributed by atoms with Crippen molar-refractivity contribution in [1.82, 2.24) is 10.2 Å². The number of rotatable bonds is 4. The molecule has 1 fully saturated rings. The smallest absolute Gasteiger partial charge is 0.246 e. The summed E-state index contributed by atoms with van der Waals surface area (Å²) in [5, 5.41) is 3.06. The van der Waals surface area contributed by atoms with Crippen LogP contribution >= 0.6 is 0 Å². The Hall–Kier alpha value is -1.59. The van der Waals surface area contributed by atoms with Crippen LogP contribution in [-0.4, -0.2) is 50.2 Å². The third kappa shape index (κ3) is 3.45. The molecular formula is C13H18N2O3. The van der Waals surface area contributed by atoms with Crippen LogP contribution in [0.3, 0.4) is 0 Å². The van der Waals surface area contributed by atoms with Gasteiger partial charge in [0.1, 0.15) is 5.76 Å². The van der Waals surface area contributed by atoms with Gasteiger partial charge in [0, 0.05) is 25.7 Å². The van der Waals surface area contributed by atoms with Crippen molar-refractivity contribution in [3.8, 4) is 0 Å². The summed E-state index contributed by atoms with van der Waals surface area (Å²) < 4.78 is 10.7. The number of morpholine rings is 1. The average molecular weight is 250 g/mol. The monoisotopic (exact) mass is 250 g/mol. The molecule has 18 heavy (non-hydrogen) atoms. The second kappa shape index (κ2) is 6.37.